The Kier molecular flexibility index (Phi) is 17.0. The first-order valence-electron chi connectivity index (χ1n) is 27.9. The third-order valence-corrected chi connectivity index (χ3v) is 21.6. The Bertz CT molecular complexity index is 2170. The number of carboxylic acid groups (broad SMARTS) is 1. The molecule has 4 saturated heterocycles. The summed E-state index contributed by atoms with van der Waals surface area (Å²) in [7, 11) is 0. The van der Waals surface area contributed by atoms with Crippen LogP contribution in [0.5, 0.6) is 0 Å². The number of fused-ring (bicyclic) bond motifs is 7. The first-order valence-corrected chi connectivity index (χ1v) is 27.9. The van der Waals surface area contributed by atoms with Crippen molar-refractivity contribution in [3.05, 3.63) is 11.6 Å². The lowest BCUT2D eigenvalue weighted by molar-refractivity contribution is -0.406. The van der Waals surface area contributed by atoms with Crippen molar-refractivity contribution < 1.29 is 119 Å². The lowest BCUT2D eigenvalue weighted by atomic mass is 9.32. The molecule has 24 nitrogen and oxygen atoms in total. The maximum atomic E-state index is 13.1. The van der Waals surface area contributed by atoms with Crippen molar-refractivity contribution >= 4 is 5.97 Å². The molecule has 0 aromatic rings. The lowest BCUT2D eigenvalue weighted by Gasteiger charge is -2.73. The number of hydrogen-bond donors (Lipinski definition) is 15. The number of carboxylic acids is 1. The molecule has 0 radical (unpaired) electrons. The van der Waals surface area contributed by atoms with Crippen molar-refractivity contribution in [1.29, 1.82) is 0 Å². The maximum Gasteiger partial charge on any atom is 0.335 e. The zero-order valence-electron chi connectivity index (χ0n) is 45.7. The smallest absolute Gasteiger partial charge is 0.335 e. The van der Waals surface area contributed by atoms with Crippen LogP contribution in [-0.2, 0) is 42.7 Å². The fourth-order valence-corrected chi connectivity index (χ4v) is 16.7. The minimum atomic E-state index is -2.26. The average Bonchev–Trinajstić information content (AvgIpc) is 3.50. The van der Waals surface area contributed by atoms with Crippen molar-refractivity contribution in [2.24, 2.45) is 50.2 Å². The molecule has 0 spiro atoms. The highest BCUT2D eigenvalue weighted by molar-refractivity contribution is 5.73. The van der Waals surface area contributed by atoms with Crippen LogP contribution in [0.1, 0.15) is 107 Å². The van der Waals surface area contributed by atoms with Gasteiger partial charge in [0.2, 0.25) is 0 Å². The Morgan fingerprint density at radius 1 is 0.577 bits per heavy atom. The topological polar surface area (TPSA) is 394 Å². The molecule has 9 aliphatic rings. The molecule has 8 fully saturated rings. The molecule has 0 bridgehead atoms. The van der Waals surface area contributed by atoms with Crippen LogP contribution in [0.15, 0.2) is 11.6 Å². The molecule has 78 heavy (non-hydrogen) atoms. The van der Waals surface area contributed by atoms with Crippen molar-refractivity contribution in [2.45, 2.75) is 248 Å². The number of hydrogen-bond acceptors (Lipinski definition) is 23. The van der Waals surface area contributed by atoms with Gasteiger partial charge in [0.05, 0.1) is 44.2 Å². The fourth-order valence-electron chi connectivity index (χ4n) is 16.7. The quantitative estimate of drug-likeness (QED) is 0.0709. The highest BCUT2D eigenvalue weighted by Gasteiger charge is 2.73. The first-order chi connectivity index (χ1) is 36.4. The van der Waals surface area contributed by atoms with Crippen LogP contribution in [0.4, 0.5) is 0 Å². The standard InChI is InChI=1S/C54H88O24/c1-21-29(58)32(61)35(64)45(71-21)77-40-34(63)31(60)25(19-56)73-47(40)75-38-37(66)39(44(69)70)76-48(41(38)78-46-36(65)33(62)30(59)24(18-55)72-46)74-28-12-13-51(6)26(50(28,4)5)11-14-52(7)27(51)10-9-22-23-17-49(2,3)15-16-54(23,20-57)43(68)42(67)53(22,52)8/h9,21,23-43,45-48,55-68H,10-20H2,1-8H3,(H,69,70). The third kappa shape index (κ3) is 9.48. The number of aliphatic hydroxyl groups is 14. The van der Waals surface area contributed by atoms with Gasteiger partial charge in [-0.25, -0.2) is 4.79 Å². The Morgan fingerprint density at radius 2 is 1.14 bits per heavy atom. The molecular formula is C54H88O24. The number of aliphatic carboxylic acids is 1. The number of aliphatic hydroxyl groups excluding tert-OH is 14. The Morgan fingerprint density at radius 3 is 1.76 bits per heavy atom. The molecule has 24 heteroatoms. The minimum Gasteiger partial charge on any atom is -0.479 e. The minimum absolute atomic E-state index is 0.0192. The SMILES string of the molecule is CC1OC(OC2C(OC3C(O)C(C(=O)O)OC(OC4CCC5(C)C(CCC6(C)C5CC=C5C7CC(C)(C)CCC7(CO)C(O)C(O)C56C)C4(C)C)C3OC3OC(CO)C(O)C(O)C3O)OC(CO)C(O)C2O)C(O)C(O)C1O. The van der Waals surface area contributed by atoms with E-state index in [0.717, 1.165) is 18.4 Å². The zero-order valence-corrected chi connectivity index (χ0v) is 45.7. The number of rotatable bonds is 12. The van der Waals surface area contributed by atoms with Gasteiger partial charge in [-0.05, 0) is 97.7 Å². The van der Waals surface area contributed by atoms with Crippen LogP contribution in [0.3, 0.4) is 0 Å². The van der Waals surface area contributed by atoms with Crippen molar-refractivity contribution in [3.63, 3.8) is 0 Å². The van der Waals surface area contributed by atoms with Crippen molar-refractivity contribution in [3.8, 4) is 0 Å². The summed E-state index contributed by atoms with van der Waals surface area (Å²) >= 11 is 0. The van der Waals surface area contributed by atoms with Gasteiger partial charge in [-0.1, -0.05) is 60.1 Å². The maximum absolute atomic E-state index is 13.1. The van der Waals surface area contributed by atoms with Crippen LogP contribution in [0.25, 0.3) is 0 Å². The van der Waals surface area contributed by atoms with Crippen LogP contribution < -0.4 is 0 Å². The fraction of sp³-hybridized carbons (Fsp3) is 0.944. The summed E-state index contributed by atoms with van der Waals surface area (Å²) in [4.78, 5) is 13.1. The summed E-state index contributed by atoms with van der Waals surface area (Å²) in [5, 5.41) is 166. The van der Waals surface area contributed by atoms with Gasteiger partial charge in [0.25, 0.3) is 0 Å². The largest absolute Gasteiger partial charge is 0.479 e. The average molecular weight is 1120 g/mol. The van der Waals surface area contributed by atoms with E-state index in [9.17, 15) is 81.4 Å². The lowest BCUT2D eigenvalue weighted by Crippen LogP contribution is -2.72. The molecule has 0 aromatic carbocycles. The highest BCUT2D eigenvalue weighted by Crippen LogP contribution is 2.76. The normalized spacial score (nSPS) is 54.9. The summed E-state index contributed by atoms with van der Waals surface area (Å²) < 4.78 is 48.9. The predicted molar refractivity (Wildman–Crippen MR) is 265 cm³/mol. The van der Waals surface area contributed by atoms with E-state index in [2.05, 4.69) is 40.7 Å². The van der Waals surface area contributed by atoms with Gasteiger partial charge >= 0.3 is 5.97 Å². The molecule has 30 atom stereocenters. The van der Waals surface area contributed by atoms with Crippen LogP contribution in [0.2, 0.25) is 0 Å². The molecule has 4 heterocycles. The summed E-state index contributed by atoms with van der Waals surface area (Å²) in [6.45, 7) is 14.4. The summed E-state index contributed by atoms with van der Waals surface area (Å²) in [6.07, 6.45) is -33.4. The molecular weight excluding hydrogens is 1030 g/mol. The van der Waals surface area contributed by atoms with Gasteiger partial charge in [-0.3, -0.25) is 0 Å². The Labute approximate surface area is 453 Å². The summed E-state index contributed by atoms with van der Waals surface area (Å²) in [6, 6.07) is 0. The zero-order chi connectivity index (χ0) is 57.3. The Balaban J connectivity index is 1.05. The summed E-state index contributed by atoms with van der Waals surface area (Å²) in [5.41, 5.74) is -2.39. The summed E-state index contributed by atoms with van der Waals surface area (Å²) in [5.74, 6) is -1.97. The van der Waals surface area contributed by atoms with E-state index in [4.69, 9.17) is 37.9 Å². The molecule has 5 aliphatic carbocycles. The monoisotopic (exact) mass is 1120 g/mol. The van der Waals surface area contributed by atoms with Gasteiger partial charge in [-0.2, -0.15) is 0 Å². The van der Waals surface area contributed by atoms with E-state index >= 15 is 0 Å². The van der Waals surface area contributed by atoms with Gasteiger partial charge in [0.15, 0.2) is 31.3 Å². The molecule has 4 aliphatic heterocycles. The van der Waals surface area contributed by atoms with Gasteiger partial charge in [0.1, 0.15) is 85.5 Å². The molecule has 15 N–H and O–H groups in total. The first kappa shape index (κ1) is 60.9. The van der Waals surface area contributed by atoms with Gasteiger partial charge in [-0.15, -0.1) is 0 Å². The van der Waals surface area contributed by atoms with Crippen LogP contribution in [-0.4, -0.2) is 244 Å². The number of carbonyl (C=O) groups is 1. The number of allylic oxidation sites excluding steroid dienone is 1. The van der Waals surface area contributed by atoms with Gasteiger partial charge in [0, 0.05) is 10.8 Å². The van der Waals surface area contributed by atoms with E-state index in [1.54, 1.807) is 0 Å². The molecule has 4 saturated carbocycles. The molecule has 0 aromatic heterocycles. The molecule has 448 valence electrons. The van der Waals surface area contributed by atoms with Crippen molar-refractivity contribution in [1.82, 2.24) is 0 Å². The van der Waals surface area contributed by atoms with E-state index in [0.29, 0.717) is 38.5 Å². The molecule has 9 rings (SSSR count). The van der Waals surface area contributed by atoms with Crippen molar-refractivity contribution in [2.75, 3.05) is 19.8 Å². The number of ether oxygens (including phenoxy) is 8. The third-order valence-electron chi connectivity index (χ3n) is 21.6. The van der Waals surface area contributed by atoms with E-state index in [1.165, 1.54) is 6.92 Å². The van der Waals surface area contributed by atoms with Crippen LogP contribution >= 0.6 is 0 Å². The van der Waals surface area contributed by atoms with Crippen LogP contribution in [0, 0.1) is 50.2 Å². The molecule has 0 amide bonds. The van der Waals surface area contributed by atoms with E-state index < -0.39 is 187 Å². The predicted octanol–water partition coefficient (Wildman–Crippen LogP) is -2.50. The van der Waals surface area contributed by atoms with Gasteiger partial charge < -0.3 is 114 Å². The molecule has 30 unspecified atom stereocenters. The second-order valence-corrected chi connectivity index (χ2v) is 26.5. The Hall–Kier alpha value is -1.67. The highest BCUT2D eigenvalue weighted by atomic mass is 16.8. The van der Waals surface area contributed by atoms with E-state index in [-0.39, 0.29) is 29.8 Å². The van der Waals surface area contributed by atoms with E-state index in [1.807, 2.05) is 13.8 Å². The second-order valence-electron chi connectivity index (χ2n) is 26.5. The second kappa shape index (κ2) is 21.8.